The first kappa shape index (κ1) is 19.0. The molecule has 5 heteroatoms. The average Bonchev–Trinajstić information content (AvgIpc) is 3.02. The highest BCUT2D eigenvalue weighted by Gasteiger charge is 2.10. The Morgan fingerprint density at radius 2 is 1.38 bits per heavy atom. The number of rotatable bonds is 8. The summed E-state index contributed by atoms with van der Waals surface area (Å²) in [6.45, 7) is 1.98. The Hall–Kier alpha value is -3.34. The van der Waals surface area contributed by atoms with E-state index in [1.165, 1.54) is 17.7 Å². The van der Waals surface area contributed by atoms with Crippen LogP contribution in [0.2, 0.25) is 0 Å². The molecule has 4 nitrogen and oxygen atoms in total. The fourth-order valence-electron chi connectivity index (χ4n) is 3.58. The Bertz CT molecular complexity index is 1130. The van der Waals surface area contributed by atoms with Crippen molar-refractivity contribution in [2.45, 2.75) is 25.9 Å². The van der Waals surface area contributed by atoms with Crippen molar-refractivity contribution in [3.63, 3.8) is 0 Å². The summed E-state index contributed by atoms with van der Waals surface area (Å²) in [5.41, 5.74) is 3.91. The number of hydrogen-bond acceptors (Lipinski definition) is 2. The number of aryl methyl sites for hydroxylation is 3. The van der Waals surface area contributed by atoms with E-state index < -0.39 is 0 Å². The first-order chi connectivity index (χ1) is 14.2. The molecule has 29 heavy (non-hydrogen) atoms. The zero-order chi connectivity index (χ0) is 20.1. The van der Waals surface area contributed by atoms with E-state index in [-0.39, 0.29) is 5.82 Å². The second-order valence-electron chi connectivity index (χ2n) is 7.01. The minimum absolute atomic E-state index is 0.268. The number of para-hydroxylation sites is 2. The van der Waals surface area contributed by atoms with Gasteiger partial charge in [-0.2, -0.15) is 0 Å². The number of benzene rings is 3. The van der Waals surface area contributed by atoms with Crippen molar-refractivity contribution in [3.05, 3.63) is 95.9 Å². The van der Waals surface area contributed by atoms with E-state index in [2.05, 4.69) is 28.8 Å². The van der Waals surface area contributed by atoms with Crippen LogP contribution in [0.15, 0.2) is 78.9 Å². The van der Waals surface area contributed by atoms with Crippen LogP contribution in [0.25, 0.3) is 11.0 Å². The topological polar surface area (TPSA) is 42.9 Å². The molecule has 0 atom stereocenters. The van der Waals surface area contributed by atoms with Crippen molar-refractivity contribution in [2.24, 2.45) is 0 Å². The van der Waals surface area contributed by atoms with E-state index >= 15 is 0 Å². The molecule has 1 heterocycles. The third-order valence-electron chi connectivity index (χ3n) is 5.05. The van der Waals surface area contributed by atoms with Crippen molar-refractivity contribution in [1.82, 2.24) is 9.13 Å². The molecular formula is C24H24FN3O. The van der Waals surface area contributed by atoms with Crippen LogP contribution in [0.3, 0.4) is 0 Å². The lowest BCUT2D eigenvalue weighted by atomic mass is 10.1. The molecule has 1 aromatic heterocycles. The van der Waals surface area contributed by atoms with E-state index in [0.717, 1.165) is 30.4 Å². The summed E-state index contributed by atoms with van der Waals surface area (Å²) in [7, 11) is 0. The summed E-state index contributed by atoms with van der Waals surface area (Å²) < 4.78 is 22.8. The molecule has 0 spiro atoms. The number of imidazole rings is 1. The maximum atomic E-state index is 13.0. The van der Waals surface area contributed by atoms with Gasteiger partial charge in [0.25, 0.3) is 0 Å². The van der Waals surface area contributed by atoms with Gasteiger partial charge in [-0.25, -0.2) is 4.39 Å². The Labute approximate surface area is 169 Å². The highest BCUT2D eigenvalue weighted by Crippen LogP contribution is 2.15. The third kappa shape index (κ3) is 4.40. The highest BCUT2D eigenvalue weighted by atomic mass is 19.1. The minimum atomic E-state index is -0.268. The summed E-state index contributed by atoms with van der Waals surface area (Å²) in [6.07, 6.45) is 1.65. The number of fused-ring (bicyclic) bond motifs is 1. The summed E-state index contributed by atoms with van der Waals surface area (Å²) >= 11 is 0. The van der Waals surface area contributed by atoms with Gasteiger partial charge >= 0.3 is 0 Å². The molecule has 0 aliphatic heterocycles. The van der Waals surface area contributed by atoms with Gasteiger partial charge in [0, 0.05) is 13.1 Å². The number of ether oxygens (including phenoxy) is 1. The summed E-state index contributed by atoms with van der Waals surface area (Å²) in [5.74, 6) is 0.392. The fourth-order valence-corrected chi connectivity index (χ4v) is 3.58. The van der Waals surface area contributed by atoms with Crippen LogP contribution in [0.4, 0.5) is 4.39 Å². The molecule has 0 radical (unpaired) electrons. The van der Waals surface area contributed by atoms with Crippen molar-refractivity contribution in [2.75, 3.05) is 6.61 Å². The summed E-state index contributed by atoms with van der Waals surface area (Å²) in [4.78, 5) is 0. The lowest BCUT2D eigenvalue weighted by Crippen LogP contribution is -2.26. The van der Waals surface area contributed by atoms with E-state index in [0.29, 0.717) is 24.5 Å². The number of aromatic nitrogens is 2. The van der Waals surface area contributed by atoms with Crippen LogP contribution in [-0.2, 0) is 19.5 Å². The Morgan fingerprint density at radius 1 is 0.759 bits per heavy atom. The molecule has 4 aromatic rings. The molecule has 0 aliphatic rings. The van der Waals surface area contributed by atoms with E-state index in [4.69, 9.17) is 10.1 Å². The predicted molar refractivity (Wildman–Crippen MR) is 112 cm³/mol. The SMILES string of the molecule is N=c1n(CCCOc2ccc(F)cc2)c2ccccc2n1CCc1ccccc1. The molecular weight excluding hydrogens is 365 g/mol. The number of hydrogen-bond donors (Lipinski definition) is 1. The molecule has 1 N–H and O–H groups in total. The van der Waals surface area contributed by atoms with Crippen LogP contribution >= 0.6 is 0 Å². The summed E-state index contributed by atoms with van der Waals surface area (Å²) in [6, 6.07) is 24.6. The van der Waals surface area contributed by atoms with Crippen LogP contribution in [0.1, 0.15) is 12.0 Å². The van der Waals surface area contributed by atoms with Gasteiger partial charge in [-0.3, -0.25) is 5.41 Å². The molecule has 0 amide bonds. The van der Waals surface area contributed by atoms with Gasteiger partial charge in [-0.15, -0.1) is 0 Å². The molecule has 148 valence electrons. The fraction of sp³-hybridized carbons (Fsp3) is 0.208. The van der Waals surface area contributed by atoms with Gasteiger partial charge in [0.2, 0.25) is 5.62 Å². The van der Waals surface area contributed by atoms with Crippen molar-refractivity contribution >= 4 is 11.0 Å². The van der Waals surface area contributed by atoms with E-state index in [1.807, 2.05) is 34.9 Å². The largest absolute Gasteiger partial charge is 0.494 e. The zero-order valence-corrected chi connectivity index (χ0v) is 16.2. The predicted octanol–water partition coefficient (Wildman–Crippen LogP) is 4.77. The Morgan fingerprint density at radius 3 is 2.07 bits per heavy atom. The maximum absolute atomic E-state index is 13.0. The number of nitrogens with zero attached hydrogens (tertiary/aromatic N) is 2. The van der Waals surface area contributed by atoms with Crippen LogP contribution in [0.5, 0.6) is 5.75 Å². The second-order valence-corrected chi connectivity index (χ2v) is 7.01. The normalized spacial score (nSPS) is 11.1. The average molecular weight is 389 g/mol. The Balaban J connectivity index is 1.46. The lowest BCUT2D eigenvalue weighted by molar-refractivity contribution is 0.300. The lowest BCUT2D eigenvalue weighted by Gasteiger charge is -2.08. The van der Waals surface area contributed by atoms with Gasteiger partial charge in [0.15, 0.2) is 0 Å². The molecule has 0 bridgehead atoms. The van der Waals surface area contributed by atoms with E-state index in [1.54, 1.807) is 12.1 Å². The van der Waals surface area contributed by atoms with Crippen molar-refractivity contribution in [1.29, 1.82) is 5.41 Å². The molecule has 0 saturated carbocycles. The first-order valence-electron chi connectivity index (χ1n) is 9.87. The molecule has 4 rings (SSSR count). The quantitative estimate of drug-likeness (QED) is 0.433. The van der Waals surface area contributed by atoms with Crippen LogP contribution in [-0.4, -0.2) is 15.7 Å². The van der Waals surface area contributed by atoms with Crippen LogP contribution in [0, 0.1) is 11.2 Å². The van der Waals surface area contributed by atoms with Gasteiger partial charge < -0.3 is 13.9 Å². The number of nitrogens with one attached hydrogen (secondary N) is 1. The van der Waals surface area contributed by atoms with Crippen molar-refractivity contribution in [3.8, 4) is 5.75 Å². The smallest absolute Gasteiger partial charge is 0.203 e. The highest BCUT2D eigenvalue weighted by molar-refractivity contribution is 5.75. The van der Waals surface area contributed by atoms with E-state index in [9.17, 15) is 4.39 Å². The second kappa shape index (κ2) is 8.78. The molecule has 3 aromatic carbocycles. The molecule has 0 aliphatic carbocycles. The molecule has 0 fully saturated rings. The number of halogens is 1. The van der Waals surface area contributed by atoms with Gasteiger partial charge in [0.05, 0.1) is 17.6 Å². The molecule has 0 saturated heterocycles. The monoisotopic (exact) mass is 389 g/mol. The molecule has 0 unspecified atom stereocenters. The maximum Gasteiger partial charge on any atom is 0.203 e. The summed E-state index contributed by atoms with van der Waals surface area (Å²) in [5, 5.41) is 8.71. The Kier molecular flexibility index (Phi) is 5.75. The van der Waals surface area contributed by atoms with Gasteiger partial charge in [0.1, 0.15) is 11.6 Å². The third-order valence-corrected chi connectivity index (χ3v) is 5.05. The minimum Gasteiger partial charge on any atom is -0.494 e. The standard InChI is InChI=1S/C24H24FN3O/c25-20-11-13-21(14-12-20)29-18-6-16-27-22-9-4-5-10-23(22)28(24(27)26)17-15-19-7-2-1-3-8-19/h1-5,7-14,26H,6,15-18H2. The zero-order valence-electron chi connectivity index (χ0n) is 16.2. The van der Waals surface area contributed by atoms with Crippen molar-refractivity contribution < 1.29 is 9.13 Å². The van der Waals surface area contributed by atoms with Gasteiger partial charge in [-0.1, -0.05) is 42.5 Å². The first-order valence-corrected chi connectivity index (χ1v) is 9.87. The van der Waals surface area contributed by atoms with Gasteiger partial charge in [-0.05, 0) is 54.8 Å². The van der Waals surface area contributed by atoms with Crippen LogP contribution < -0.4 is 10.4 Å².